The Bertz CT molecular complexity index is 533. The third-order valence-corrected chi connectivity index (χ3v) is 20.8. The van der Waals surface area contributed by atoms with E-state index in [2.05, 4.69) is 69.3 Å². The van der Waals surface area contributed by atoms with Crippen LogP contribution in [0.5, 0.6) is 0 Å². The van der Waals surface area contributed by atoms with Gasteiger partial charge in [-0.3, -0.25) is 0 Å². The molecule has 0 saturated carbocycles. The van der Waals surface area contributed by atoms with Gasteiger partial charge in [0.25, 0.3) is 0 Å². The molecule has 0 aromatic carbocycles. The van der Waals surface area contributed by atoms with Crippen LogP contribution < -0.4 is 8.90 Å². The first-order chi connectivity index (χ1) is 12.3. The van der Waals surface area contributed by atoms with Crippen molar-refractivity contribution in [3.05, 3.63) is 18.0 Å². The van der Waals surface area contributed by atoms with Crippen LogP contribution in [0.1, 0.15) is 85.8 Å². The molecule has 0 unspecified atom stereocenters. The van der Waals surface area contributed by atoms with Crippen molar-refractivity contribution in [1.82, 2.24) is 15.5 Å². The van der Waals surface area contributed by atoms with Gasteiger partial charge in [-0.1, -0.05) is 0 Å². The Hall–Kier alpha value is -0.231. The van der Waals surface area contributed by atoms with Crippen LogP contribution in [-0.2, 0) is 0 Å². The molecule has 1 heterocycles. The summed E-state index contributed by atoms with van der Waals surface area (Å²) in [5.74, 6) is 0. The molecule has 1 rings (SSSR count). The summed E-state index contributed by atoms with van der Waals surface area (Å²) < 4.78 is 5.86. The number of nitrogens with zero attached hydrogens (tertiary/aromatic N) is 2. The molecule has 0 spiro atoms. The quantitative estimate of drug-likeness (QED) is 0.328. The number of thiocarbonyl (C=S) groups is 1. The Kier molecular flexibility index (Phi) is 10.6. The van der Waals surface area contributed by atoms with Gasteiger partial charge in [-0.05, 0) is 0 Å². The molecule has 0 aliphatic heterocycles. The predicted octanol–water partition coefficient (Wildman–Crippen LogP) is 5.60. The zero-order valence-corrected chi connectivity index (χ0v) is 21.5. The summed E-state index contributed by atoms with van der Waals surface area (Å²) in [4.78, 5) is 0.730. The van der Waals surface area contributed by atoms with Crippen molar-refractivity contribution in [3.8, 4) is 0 Å². The van der Waals surface area contributed by atoms with E-state index in [1.54, 1.807) is 0 Å². The summed E-state index contributed by atoms with van der Waals surface area (Å²) in [5.41, 5.74) is 0.805. The van der Waals surface area contributed by atoms with E-state index < -0.39 is 18.4 Å². The molecule has 0 atom stereocenters. The van der Waals surface area contributed by atoms with Gasteiger partial charge in [0.2, 0.25) is 0 Å². The van der Waals surface area contributed by atoms with Crippen molar-refractivity contribution in [3.63, 3.8) is 0 Å². The number of nitrogens with one attached hydrogen (secondary N) is 1. The van der Waals surface area contributed by atoms with E-state index in [1.807, 2.05) is 0 Å². The molecule has 1 N–H and O–H groups in total. The third kappa shape index (κ3) is 7.79. The Balaban J connectivity index is 3.21. The zero-order valence-electron chi connectivity index (χ0n) is 17.8. The van der Waals surface area contributed by atoms with Gasteiger partial charge in [0.15, 0.2) is 0 Å². The Morgan fingerprint density at radius 1 is 1.00 bits per heavy atom. The zero-order chi connectivity index (χ0) is 19.6. The fourth-order valence-electron chi connectivity index (χ4n) is 3.53. The van der Waals surface area contributed by atoms with E-state index in [9.17, 15) is 0 Å². The van der Waals surface area contributed by atoms with E-state index >= 15 is 0 Å². The molecule has 1 aromatic heterocycles. The molecule has 26 heavy (non-hydrogen) atoms. The average Bonchev–Trinajstić information content (AvgIpc) is 2.60. The van der Waals surface area contributed by atoms with Crippen molar-refractivity contribution < 1.29 is 0 Å². The molecule has 1 aromatic rings. The third-order valence-electron chi connectivity index (χ3n) is 5.01. The van der Waals surface area contributed by atoms with Crippen LogP contribution in [0.4, 0.5) is 0 Å². The van der Waals surface area contributed by atoms with Crippen molar-refractivity contribution in [2.45, 2.75) is 98.9 Å². The van der Waals surface area contributed by atoms with Gasteiger partial charge in [-0.2, -0.15) is 0 Å². The molecule has 0 amide bonds. The van der Waals surface area contributed by atoms with Gasteiger partial charge in [0, 0.05) is 0 Å². The predicted molar refractivity (Wildman–Crippen MR) is 121 cm³/mol. The van der Waals surface area contributed by atoms with E-state index in [0.717, 1.165) is 10.7 Å². The second-order valence-corrected chi connectivity index (χ2v) is 22.3. The van der Waals surface area contributed by atoms with E-state index in [-0.39, 0.29) is 5.54 Å². The van der Waals surface area contributed by atoms with Gasteiger partial charge in [0.05, 0.1) is 0 Å². The maximum atomic E-state index is 5.62. The molecular formula is C21H39N3SSn. The molecule has 0 bridgehead atoms. The van der Waals surface area contributed by atoms with Crippen molar-refractivity contribution >= 4 is 39.2 Å². The van der Waals surface area contributed by atoms with Crippen LogP contribution in [0.25, 0.3) is 0 Å². The summed E-state index contributed by atoms with van der Waals surface area (Å²) in [6.45, 7) is 13.3. The molecule has 0 saturated heterocycles. The van der Waals surface area contributed by atoms with Crippen molar-refractivity contribution in [2.24, 2.45) is 0 Å². The summed E-state index contributed by atoms with van der Waals surface area (Å²) in [7, 11) is 0. The second-order valence-electron chi connectivity index (χ2n) is 8.62. The normalized spacial score (nSPS) is 12.2. The number of unbranched alkanes of at least 4 members (excludes halogenated alkanes) is 3. The summed E-state index contributed by atoms with van der Waals surface area (Å²) in [6.07, 6.45) is 9.99. The average molecular weight is 484 g/mol. The van der Waals surface area contributed by atoms with E-state index in [4.69, 9.17) is 12.2 Å². The first-order valence-electron chi connectivity index (χ1n) is 10.4. The Morgan fingerprint density at radius 3 is 1.92 bits per heavy atom. The SMILES string of the molecule is CCC[CH2][Sn]([CH2]CCC)([CH2]CCC)[c]1cnnc(C(=S)NC(C)(C)C)c1. The maximum absolute atomic E-state index is 5.62. The van der Waals surface area contributed by atoms with Gasteiger partial charge < -0.3 is 0 Å². The van der Waals surface area contributed by atoms with Crippen LogP contribution in [-0.4, -0.2) is 39.1 Å². The van der Waals surface area contributed by atoms with Gasteiger partial charge >= 0.3 is 172 Å². The Labute approximate surface area is 171 Å². The van der Waals surface area contributed by atoms with Gasteiger partial charge in [0.1, 0.15) is 0 Å². The molecule has 3 nitrogen and oxygen atoms in total. The first-order valence-corrected chi connectivity index (χ1v) is 18.3. The number of aromatic nitrogens is 2. The van der Waals surface area contributed by atoms with Crippen LogP contribution in [0.2, 0.25) is 13.3 Å². The molecule has 0 aliphatic carbocycles. The summed E-state index contributed by atoms with van der Waals surface area (Å²) in [5, 5.41) is 12.2. The summed E-state index contributed by atoms with van der Waals surface area (Å²) >= 11 is 3.16. The van der Waals surface area contributed by atoms with Crippen LogP contribution in [0, 0.1) is 0 Å². The monoisotopic (exact) mass is 485 g/mol. The molecule has 5 heteroatoms. The van der Waals surface area contributed by atoms with E-state index in [1.165, 1.54) is 55.4 Å². The number of rotatable bonds is 11. The molecule has 148 valence electrons. The van der Waals surface area contributed by atoms with Crippen molar-refractivity contribution in [1.29, 1.82) is 0 Å². The van der Waals surface area contributed by atoms with Gasteiger partial charge in [-0.15, -0.1) is 0 Å². The topological polar surface area (TPSA) is 37.8 Å². The van der Waals surface area contributed by atoms with Crippen LogP contribution >= 0.6 is 12.2 Å². The molecule has 0 radical (unpaired) electrons. The summed E-state index contributed by atoms with van der Waals surface area (Å²) in [6, 6.07) is 2.30. The van der Waals surface area contributed by atoms with Crippen LogP contribution in [0.15, 0.2) is 12.3 Å². The molecule has 0 fully saturated rings. The molecule has 0 aliphatic rings. The Morgan fingerprint density at radius 2 is 1.50 bits per heavy atom. The minimum absolute atomic E-state index is 0.0538. The number of hydrogen-bond acceptors (Lipinski definition) is 3. The fraction of sp³-hybridized carbons (Fsp3) is 0.762. The standard InChI is InChI=1S/C9H12N3S.3C4H9.Sn/c1-9(2,3)11-8(13)7-5-4-6-10-12-7;3*1-3-4-2;/h5-6H,1-3H3,(H,11,13);3*1,3-4H2,2H3;. The number of hydrogen-bond donors (Lipinski definition) is 1. The van der Waals surface area contributed by atoms with Crippen LogP contribution in [0.3, 0.4) is 0 Å². The second kappa shape index (κ2) is 11.6. The van der Waals surface area contributed by atoms with Crippen molar-refractivity contribution in [2.75, 3.05) is 0 Å². The fourth-order valence-corrected chi connectivity index (χ4v) is 19.6. The minimum atomic E-state index is -2.47. The van der Waals surface area contributed by atoms with E-state index in [0.29, 0.717) is 0 Å². The first kappa shape index (κ1) is 23.8. The van der Waals surface area contributed by atoms with Gasteiger partial charge in [-0.25, -0.2) is 0 Å². The molecular weight excluding hydrogens is 445 g/mol.